The lowest BCUT2D eigenvalue weighted by molar-refractivity contribution is 0.616. The molecule has 0 fully saturated rings. The first-order valence-electron chi connectivity index (χ1n) is 14.3. The van der Waals surface area contributed by atoms with Crippen LogP contribution < -0.4 is 10.2 Å². The van der Waals surface area contributed by atoms with E-state index in [-0.39, 0.29) is 6.17 Å². The Hall–Kier alpha value is -5.54. The molecular formula is C39H28N2O. The standard InChI is InChI=1S/C39H28N2O/c1-3-9-27(10-4-1)29-17-20-33(21-18-29)41(38-24-23-36-35-13-7-8-14-37(35)42-39(36)40-38)34-22-19-31-25-30(15-16-32(31)26-34)28-11-5-2-6-12-28/h1-26,38,40H. The third kappa shape index (κ3) is 4.32. The quantitative estimate of drug-likeness (QED) is 0.235. The van der Waals surface area contributed by atoms with E-state index in [9.17, 15) is 0 Å². The highest BCUT2D eigenvalue weighted by Crippen LogP contribution is 2.39. The highest BCUT2D eigenvalue weighted by molar-refractivity contribution is 5.95. The first-order chi connectivity index (χ1) is 20.8. The molecule has 1 atom stereocenters. The number of fused-ring (bicyclic) bond motifs is 4. The molecular weight excluding hydrogens is 512 g/mol. The van der Waals surface area contributed by atoms with Gasteiger partial charge in [0.15, 0.2) is 0 Å². The van der Waals surface area contributed by atoms with E-state index in [0.29, 0.717) is 0 Å². The molecule has 0 aliphatic carbocycles. The van der Waals surface area contributed by atoms with Crippen LogP contribution in [0.5, 0.6) is 0 Å². The van der Waals surface area contributed by atoms with Crippen LogP contribution in [0.4, 0.5) is 17.3 Å². The molecule has 200 valence electrons. The maximum absolute atomic E-state index is 6.26. The molecule has 7 aromatic rings. The first kappa shape index (κ1) is 24.3. The zero-order valence-electron chi connectivity index (χ0n) is 22.9. The molecule has 1 aliphatic heterocycles. The third-order valence-corrected chi connectivity index (χ3v) is 8.10. The Morgan fingerprint density at radius 3 is 1.90 bits per heavy atom. The van der Waals surface area contributed by atoms with Crippen molar-refractivity contribution >= 4 is 45.1 Å². The van der Waals surface area contributed by atoms with Crippen LogP contribution in [-0.4, -0.2) is 6.17 Å². The molecule has 0 amide bonds. The van der Waals surface area contributed by atoms with Crippen molar-refractivity contribution in [3.05, 3.63) is 157 Å². The Labute approximate surface area is 245 Å². The molecule has 1 aliphatic rings. The van der Waals surface area contributed by atoms with E-state index >= 15 is 0 Å². The topological polar surface area (TPSA) is 28.4 Å². The van der Waals surface area contributed by atoms with Crippen molar-refractivity contribution in [1.29, 1.82) is 0 Å². The van der Waals surface area contributed by atoms with Crippen LogP contribution in [0.15, 0.2) is 156 Å². The zero-order valence-corrected chi connectivity index (χ0v) is 22.9. The summed E-state index contributed by atoms with van der Waals surface area (Å²) >= 11 is 0. The van der Waals surface area contributed by atoms with Crippen molar-refractivity contribution in [1.82, 2.24) is 0 Å². The third-order valence-electron chi connectivity index (χ3n) is 8.10. The van der Waals surface area contributed by atoms with Gasteiger partial charge in [-0.1, -0.05) is 109 Å². The molecule has 0 saturated heterocycles. The van der Waals surface area contributed by atoms with Gasteiger partial charge in [-0.15, -0.1) is 0 Å². The summed E-state index contributed by atoms with van der Waals surface area (Å²) in [5.41, 5.74) is 9.02. The fourth-order valence-electron chi connectivity index (χ4n) is 5.97. The maximum atomic E-state index is 6.26. The van der Waals surface area contributed by atoms with E-state index in [0.717, 1.165) is 33.8 Å². The number of benzene rings is 6. The molecule has 0 saturated carbocycles. The first-order valence-corrected chi connectivity index (χ1v) is 14.3. The van der Waals surface area contributed by atoms with Crippen molar-refractivity contribution in [3.63, 3.8) is 0 Å². The van der Waals surface area contributed by atoms with Gasteiger partial charge in [-0.25, -0.2) is 0 Å². The molecule has 6 aromatic carbocycles. The van der Waals surface area contributed by atoms with Crippen molar-refractivity contribution in [2.75, 3.05) is 10.2 Å². The van der Waals surface area contributed by atoms with Gasteiger partial charge in [0.05, 0.1) is 0 Å². The summed E-state index contributed by atoms with van der Waals surface area (Å²) in [5, 5.41) is 7.21. The normalized spacial score (nSPS) is 14.0. The molecule has 0 spiro atoms. The number of anilines is 3. The van der Waals surface area contributed by atoms with E-state index in [1.807, 2.05) is 12.1 Å². The Kier molecular flexibility index (Phi) is 5.86. The van der Waals surface area contributed by atoms with Gasteiger partial charge in [0.2, 0.25) is 5.88 Å². The van der Waals surface area contributed by atoms with Crippen LogP contribution in [0, 0.1) is 0 Å². The molecule has 42 heavy (non-hydrogen) atoms. The van der Waals surface area contributed by atoms with Gasteiger partial charge in [0, 0.05) is 22.3 Å². The van der Waals surface area contributed by atoms with Crippen LogP contribution in [0.1, 0.15) is 5.56 Å². The van der Waals surface area contributed by atoms with Crippen LogP contribution in [0.2, 0.25) is 0 Å². The molecule has 0 bridgehead atoms. The molecule has 2 heterocycles. The van der Waals surface area contributed by atoms with Crippen LogP contribution in [-0.2, 0) is 0 Å². The minimum atomic E-state index is -0.137. The van der Waals surface area contributed by atoms with Crippen LogP contribution in [0.3, 0.4) is 0 Å². The number of para-hydroxylation sites is 1. The van der Waals surface area contributed by atoms with Crippen molar-refractivity contribution < 1.29 is 4.42 Å². The van der Waals surface area contributed by atoms with Crippen molar-refractivity contribution in [2.45, 2.75) is 6.17 Å². The minimum Gasteiger partial charge on any atom is -0.440 e. The predicted molar refractivity (Wildman–Crippen MR) is 176 cm³/mol. The minimum absolute atomic E-state index is 0.137. The fourth-order valence-corrected chi connectivity index (χ4v) is 5.97. The highest BCUT2D eigenvalue weighted by Gasteiger charge is 2.25. The molecule has 1 unspecified atom stereocenters. The van der Waals surface area contributed by atoms with Crippen molar-refractivity contribution in [2.24, 2.45) is 0 Å². The van der Waals surface area contributed by atoms with Gasteiger partial charge in [-0.3, -0.25) is 0 Å². The SMILES string of the molecule is C1=CC(N(c2ccc(-c3ccccc3)cc2)c2ccc3cc(-c4ccccc4)ccc3c2)Nc2oc3ccccc3c21. The molecule has 1 N–H and O–H groups in total. The Morgan fingerprint density at radius 1 is 0.524 bits per heavy atom. The van der Waals surface area contributed by atoms with E-state index in [4.69, 9.17) is 4.42 Å². The largest absolute Gasteiger partial charge is 0.440 e. The lowest BCUT2D eigenvalue weighted by Crippen LogP contribution is -2.37. The fraction of sp³-hybridized carbons (Fsp3) is 0.0256. The lowest BCUT2D eigenvalue weighted by atomic mass is 10.0. The molecule has 8 rings (SSSR count). The second kappa shape index (κ2) is 10.1. The molecule has 3 heteroatoms. The van der Waals surface area contributed by atoms with Gasteiger partial charge >= 0.3 is 0 Å². The van der Waals surface area contributed by atoms with Gasteiger partial charge < -0.3 is 14.6 Å². The summed E-state index contributed by atoms with van der Waals surface area (Å²) in [4.78, 5) is 2.34. The number of rotatable bonds is 5. The summed E-state index contributed by atoms with van der Waals surface area (Å²) < 4.78 is 6.26. The van der Waals surface area contributed by atoms with Crippen molar-refractivity contribution in [3.8, 4) is 22.3 Å². The summed E-state index contributed by atoms with van der Waals surface area (Å²) in [6.45, 7) is 0. The zero-order chi connectivity index (χ0) is 27.9. The molecule has 0 radical (unpaired) electrons. The van der Waals surface area contributed by atoms with Crippen LogP contribution >= 0.6 is 0 Å². The van der Waals surface area contributed by atoms with Crippen LogP contribution in [0.25, 0.3) is 50.1 Å². The summed E-state index contributed by atoms with van der Waals surface area (Å²) in [5.74, 6) is 0.794. The number of hydrogen-bond acceptors (Lipinski definition) is 3. The van der Waals surface area contributed by atoms with E-state index < -0.39 is 0 Å². The monoisotopic (exact) mass is 540 g/mol. The average molecular weight is 541 g/mol. The van der Waals surface area contributed by atoms with Gasteiger partial charge in [0.25, 0.3) is 0 Å². The average Bonchev–Trinajstić information content (AvgIpc) is 3.44. The summed E-state index contributed by atoms with van der Waals surface area (Å²) in [6, 6.07) is 51.5. The summed E-state index contributed by atoms with van der Waals surface area (Å²) in [6.07, 6.45) is 4.26. The highest BCUT2D eigenvalue weighted by atomic mass is 16.4. The maximum Gasteiger partial charge on any atom is 0.203 e. The Morgan fingerprint density at radius 2 is 1.12 bits per heavy atom. The second-order valence-corrected chi connectivity index (χ2v) is 10.7. The second-order valence-electron chi connectivity index (χ2n) is 10.7. The molecule has 3 nitrogen and oxygen atoms in total. The van der Waals surface area contributed by atoms with E-state index in [2.05, 4.69) is 156 Å². The van der Waals surface area contributed by atoms with Gasteiger partial charge in [0.1, 0.15) is 11.7 Å². The Bertz CT molecular complexity index is 2060. The smallest absolute Gasteiger partial charge is 0.203 e. The predicted octanol–water partition coefficient (Wildman–Crippen LogP) is 10.5. The Balaban J connectivity index is 1.20. The molecule has 1 aromatic heterocycles. The number of furan rings is 1. The number of nitrogens with zero attached hydrogens (tertiary/aromatic N) is 1. The lowest BCUT2D eigenvalue weighted by Gasteiger charge is -2.34. The number of hydrogen-bond donors (Lipinski definition) is 1. The van der Waals surface area contributed by atoms with Gasteiger partial charge in [-0.2, -0.15) is 0 Å². The van der Waals surface area contributed by atoms with Gasteiger partial charge in [-0.05, 0) is 81.6 Å². The van der Waals surface area contributed by atoms with E-state index in [1.165, 1.54) is 33.0 Å². The van der Waals surface area contributed by atoms with E-state index in [1.54, 1.807) is 0 Å². The number of nitrogens with one attached hydrogen (secondary N) is 1. The summed E-state index contributed by atoms with van der Waals surface area (Å²) in [7, 11) is 0.